The molecule has 0 bridgehead atoms. The number of rotatable bonds is 2. The van der Waals surface area contributed by atoms with Gasteiger partial charge in [-0.15, -0.1) is 0 Å². The summed E-state index contributed by atoms with van der Waals surface area (Å²) in [5.74, 6) is 0.872. The molecule has 1 aromatic carbocycles. The van der Waals surface area contributed by atoms with Crippen molar-refractivity contribution < 1.29 is 4.74 Å². The highest BCUT2D eigenvalue weighted by atomic mass is 16.5. The molecule has 4 heteroatoms. The average Bonchev–Trinajstić information content (AvgIpc) is 2.85. The van der Waals surface area contributed by atoms with Crippen LogP contribution in [0.2, 0.25) is 0 Å². The van der Waals surface area contributed by atoms with Gasteiger partial charge >= 0.3 is 0 Å². The van der Waals surface area contributed by atoms with E-state index in [9.17, 15) is 0 Å². The molecule has 0 amide bonds. The van der Waals surface area contributed by atoms with Gasteiger partial charge in [-0.1, -0.05) is 20.8 Å². The number of nitrogens with zero attached hydrogens (tertiary/aromatic N) is 2. The standard InChI is InChI=1S/C15H17N3O/c1-15(2,3)12-7-10(5-6-14(12)19-4)13-8-11(9-16)17-18-13/h5-8H,1-4H3,(H,17,18). The molecule has 2 rings (SSSR count). The fraction of sp³-hybridized carbons (Fsp3) is 0.333. The summed E-state index contributed by atoms with van der Waals surface area (Å²) in [6.45, 7) is 6.42. The topological polar surface area (TPSA) is 61.7 Å². The predicted molar refractivity (Wildman–Crippen MR) is 74.0 cm³/mol. The Balaban J connectivity index is 2.52. The van der Waals surface area contributed by atoms with E-state index in [-0.39, 0.29) is 5.41 Å². The molecule has 0 radical (unpaired) electrons. The summed E-state index contributed by atoms with van der Waals surface area (Å²) in [4.78, 5) is 0. The van der Waals surface area contributed by atoms with E-state index in [1.54, 1.807) is 13.2 Å². The van der Waals surface area contributed by atoms with Gasteiger partial charge in [-0.3, -0.25) is 5.10 Å². The van der Waals surface area contributed by atoms with Gasteiger partial charge in [0, 0.05) is 17.2 Å². The number of aromatic nitrogens is 2. The van der Waals surface area contributed by atoms with Crippen molar-refractivity contribution in [3.8, 4) is 23.1 Å². The van der Waals surface area contributed by atoms with Crippen LogP contribution in [-0.2, 0) is 5.41 Å². The molecule has 0 fully saturated rings. The van der Waals surface area contributed by atoms with Crippen molar-refractivity contribution in [1.29, 1.82) is 5.26 Å². The molecule has 1 heterocycles. The Morgan fingerprint density at radius 1 is 1.26 bits per heavy atom. The number of hydrogen-bond donors (Lipinski definition) is 1. The average molecular weight is 255 g/mol. The smallest absolute Gasteiger partial charge is 0.162 e. The molecule has 0 unspecified atom stereocenters. The van der Waals surface area contributed by atoms with E-state index < -0.39 is 0 Å². The van der Waals surface area contributed by atoms with Crippen molar-refractivity contribution in [3.63, 3.8) is 0 Å². The highest BCUT2D eigenvalue weighted by Crippen LogP contribution is 2.34. The maximum atomic E-state index is 8.81. The zero-order valence-corrected chi connectivity index (χ0v) is 11.6. The number of nitriles is 1. The molecule has 98 valence electrons. The van der Waals surface area contributed by atoms with Crippen LogP contribution in [0.1, 0.15) is 32.0 Å². The maximum Gasteiger partial charge on any atom is 0.162 e. The molecule has 1 aromatic heterocycles. The Labute approximate surface area is 113 Å². The molecule has 0 saturated carbocycles. The van der Waals surface area contributed by atoms with Crippen molar-refractivity contribution in [2.24, 2.45) is 0 Å². The summed E-state index contributed by atoms with van der Waals surface area (Å²) in [5, 5.41) is 15.6. The molecule has 2 aromatic rings. The van der Waals surface area contributed by atoms with Crippen LogP contribution in [0.3, 0.4) is 0 Å². The third-order valence-corrected chi connectivity index (χ3v) is 3.01. The Hall–Kier alpha value is -2.28. The fourth-order valence-electron chi connectivity index (χ4n) is 1.99. The summed E-state index contributed by atoms with van der Waals surface area (Å²) in [5.41, 5.74) is 3.34. The van der Waals surface area contributed by atoms with Crippen molar-refractivity contribution in [3.05, 3.63) is 35.5 Å². The van der Waals surface area contributed by atoms with Crippen LogP contribution in [0.5, 0.6) is 5.75 Å². The summed E-state index contributed by atoms with van der Waals surface area (Å²) in [7, 11) is 1.67. The summed E-state index contributed by atoms with van der Waals surface area (Å²) < 4.78 is 5.41. The molecule has 0 aliphatic rings. The quantitative estimate of drug-likeness (QED) is 0.896. The lowest BCUT2D eigenvalue weighted by atomic mass is 9.85. The minimum absolute atomic E-state index is 0.0145. The van der Waals surface area contributed by atoms with Crippen LogP contribution >= 0.6 is 0 Å². The number of aromatic amines is 1. The van der Waals surface area contributed by atoms with E-state index in [2.05, 4.69) is 37.0 Å². The van der Waals surface area contributed by atoms with E-state index >= 15 is 0 Å². The Kier molecular flexibility index (Phi) is 3.30. The lowest BCUT2D eigenvalue weighted by molar-refractivity contribution is 0.397. The van der Waals surface area contributed by atoms with Crippen LogP contribution < -0.4 is 4.74 Å². The zero-order valence-electron chi connectivity index (χ0n) is 11.6. The van der Waals surface area contributed by atoms with Gasteiger partial charge in [0.15, 0.2) is 5.69 Å². The zero-order chi connectivity index (χ0) is 14.0. The Bertz CT molecular complexity index is 630. The van der Waals surface area contributed by atoms with E-state index in [1.807, 2.05) is 18.2 Å². The van der Waals surface area contributed by atoms with Crippen molar-refractivity contribution in [2.75, 3.05) is 7.11 Å². The van der Waals surface area contributed by atoms with Crippen LogP contribution in [-0.4, -0.2) is 17.3 Å². The first-order valence-corrected chi connectivity index (χ1v) is 6.10. The summed E-state index contributed by atoms with van der Waals surface area (Å²) in [6.07, 6.45) is 0. The fourth-order valence-corrected chi connectivity index (χ4v) is 1.99. The highest BCUT2D eigenvalue weighted by Gasteiger charge is 2.19. The van der Waals surface area contributed by atoms with Gasteiger partial charge in [-0.25, -0.2) is 0 Å². The number of ether oxygens (including phenoxy) is 1. The number of hydrogen-bond acceptors (Lipinski definition) is 3. The molecule has 0 atom stereocenters. The van der Waals surface area contributed by atoms with Gasteiger partial charge in [0.25, 0.3) is 0 Å². The molecule has 0 aliphatic carbocycles. The lowest BCUT2D eigenvalue weighted by Gasteiger charge is -2.22. The van der Waals surface area contributed by atoms with Gasteiger partial charge in [0.2, 0.25) is 0 Å². The number of methoxy groups -OCH3 is 1. The summed E-state index contributed by atoms with van der Waals surface area (Å²) in [6, 6.07) is 9.75. The van der Waals surface area contributed by atoms with E-state index in [1.165, 1.54) is 0 Å². The minimum atomic E-state index is -0.0145. The molecule has 0 aliphatic heterocycles. The van der Waals surface area contributed by atoms with E-state index in [0.29, 0.717) is 5.69 Å². The third-order valence-electron chi connectivity index (χ3n) is 3.01. The predicted octanol–water partition coefficient (Wildman–Crippen LogP) is 3.25. The van der Waals surface area contributed by atoms with Crippen molar-refractivity contribution in [1.82, 2.24) is 10.2 Å². The first-order valence-electron chi connectivity index (χ1n) is 6.10. The molecule has 0 saturated heterocycles. The lowest BCUT2D eigenvalue weighted by Crippen LogP contribution is -2.12. The van der Waals surface area contributed by atoms with Gasteiger partial charge < -0.3 is 4.74 Å². The van der Waals surface area contributed by atoms with Crippen LogP contribution in [0, 0.1) is 11.3 Å². The SMILES string of the molecule is COc1ccc(-c2cc(C#N)n[nH]2)cc1C(C)(C)C. The van der Waals surface area contributed by atoms with Crippen LogP contribution in [0.25, 0.3) is 11.3 Å². The summed E-state index contributed by atoms with van der Waals surface area (Å²) >= 11 is 0. The van der Waals surface area contributed by atoms with Crippen molar-refractivity contribution >= 4 is 0 Å². The first-order chi connectivity index (χ1) is 8.95. The van der Waals surface area contributed by atoms with Gasteiger partial charge in [0.05, 0.1) is 12.8 Å². The number of H-pyrrole nitrogens is 1. The van der Waals surface area contributed by atoms with Gasteiger partial charge in [-0.05, 0) is 23.6 Å². The van der Waals surface area contributed by atoms with Crippen LogP contribution in [0.4, 0.5) is 0 Å². The minimum Gasteiger partial charge on any atom is -0.496 e. The maximum absolute atomic E-state index is 8.81. The monoisotopic (exact) mass is 255 g/mol. The van der Waals surface area contributed by atoms with Crippen molar-refractivity contribution in [2.45, 2.75) is 26.2 Å². The Morgan fingerprint density at radius 3 is 2.53 bits per heavy atom. The molecule has 1 N–H and O–H groups in total. The number of nitrogens with one attached hydrogen (secondary N) is 1. The number of benzene rings is 1. The highest BCUT2D eigenvalue weighted by molar-refractivity contribution is 5.63. The second-order valence-corrected chi connectivity index (χ2v) is 5.44. The molecular formula is C15H17N3O. The molecular weight excluding hydrogens is 238 g/mol. The largest absolute Gasteiger partial charge is 0.496 e. The van der Waals surface area contributed by atoms with E-state index in [0.717, 1.165) is 22.6 Å². The molecule has 19 heavy (non-hydrogen) atoms. The molecule has 0 spiro atoms. The van der Waals surface area contributed by atoms with E-state index in [4.69, 9.17) is 10.00 Å². The second-order valence-electron chi connectivity index (χ2n) is 5.44. The first kappa shape index (κ1) is 13.2. The molecule has 4 nitrogen and oxygen atoms in total. The normalized spacial score (nSPS) is 11.1. The van der Waals surface area contributed by atoms with Gasteiger partial charge in [-0.2, -0.15) is 10.4 Å². The Morgan fingerprint density at radius 2 is 2.00 bits per heavy atom. The second kappa shape index (κ2) is 4.77. The third kappa shape index (κ3) is 2.60. The van der Waals surface area contributed by atoms with Crippen LogP contribution in [0.15, 0.2) is 24.3 Å². The van der Waals surface area contributed by atoms with Gasteiger partial charge in [0.1, 0.15) is 11.8 Å².